The number of rotatable bonds is 2. The molecule has 0 unspecified atom stereocenters. The summed E-state index contributed by atoms with van der Waals surface area (Å²) in [5, 5.41) is 0. The maximum Gasteiger partial charge on any atom is 0.0894 e. The first kappa shape index (κ1) is 10.0. The van der Waals surface area contributed by atoms with Crippen LogP contribution in [0.15, 0.2) is 0 Å². The van der Waals surface area contributed by atoms with E-state index in [9.17, 15) is 4.39 Å². The van der Waals surface area contributed by atoms with Gasteiger partial charge in [-0.1, -0.05) is 13.3 Å². The zero-order valence-corrected chi connectivity index (χ0v) is 6.50. The molecule has 0 nitrogen and oxygen atoms in total. The van der Waals surface area contributed by atoms with Crippen molar-refractivity contribution in [3.05, 3.63) is 0 Å². The summed E-state index contributed by atoms with van der Waals surface area (Å²) in [6.07, 6.45) is 1.69. The molecule has 1 radical (unpaired) electrons. The minimum Gasteiger partial charge on any atom is -0.251 e. The molecule has 0 aromatic carbocycles. The Hall–Kier alpha value is 0.930. The van der Waals surface area contributed by atoms with Gasteiger partial charge in [0.2, 0.25) is 0 Å². The molecule has 6 heavy (non-hydrogen) atoms. The molecule has 2 heteroatoms. The van der Waals surface area contributed by atoms with E-state index < -0.39 is 0 Å². The maximum absolute atomic E-state index is 11.0. The van der Waals surface area contributed by atoms with Gasteiger partial charge in [-0.05, 0) is 6.42 Å². The van der Waals surface area contributed by atoms with Gasteiger partial charge in [-0.3, -0.25) is 4.39 Å². The van der Waals surface area contributed by atoms with Crippen molar-refractivity contribution in [1.29, 1.82) is 0 Å². The molecule has 0 aromatic heterocycles. The molecule has 33 valence electrons. The van der Waals surface area contributed by atoms with Gasteiger partial charge in [0.15, 0.2) is 0 Å². The van der Waals surface area contributed by atoms with Crippen LogP contribution in [0.4, 0.5) is 4.39 Å². The van der Waals surface area contributed by atoms with E-state index in [0.29, 0.717) is 0 Å². The van der Waals surface area contributed by atoms with Crippen molar-refractivity contribution in [2.24, 2.45) is 0 Å². The van der Waals surface area contributed by atoms with E-state index in [2.05, 4.69) is 0 Å². The predicted molar refractivity (Wildman–Crippen MR) is 26.6 cm³/mol. The molecule has 0 aliphatic rings. The van der Waals surface area contributed by atoms with Crippen LogP contribution in [0.2, 0.25) is 0 Å². The van der Waals surface area contributed by atoms with E-state index in [1.54, 1.807) is 0 Å². The summed E-state index contributed by atoms with van der Waals surface area (Å²) < 4.78 is 11.0. The summed E-state index contributed by atoms with van der Waals surface area (Å²) in [6, 6.07) is 0. The van der Waals surface area contributed by atoms with E-state index in [-0.39, 0.29) is 36.2 Å². The number of halogens is 1. The average Bonchev–Trinajstić information content (AvgIpc) is 1.41. The van der Waals surface area contributed by atoms with Crippen molar-refractivity contribution in [3.8, 4) is 0 Å². The fourth-order valence-electron chi connectivity index (χ4n) is 0.134. The summed E-state index contributed by atoms with van der Waals surface area (Å²) in [4.78, 5) is 0. The Labute approximate surface area is 60.4 Å². The first-order chi connectivity index (χ1) is 2.41. The van der Waals surface area contributed by atoms with Crippen molar-refractivity contribution < 1.29 is 4.39 Å². The largest absolute Gasteiger partial charge is 0.251 e. The average molecular weight is 99.1 g/mol. The summed E-state index contributed by atoms with van der Waals surface area (Å²) in [5.74, 6) is 0. The Morgan fingerprint density at radius 2 is 2.00 bits per heavy atom. The second-order valence-electron chi connectivity index (χ2n) is 1.04. The van der Waals surface area contributed by atoms with Crippen molar-refractivity contribution in [2.45, 2.75) is 19.8 Å². The van der Waals surface area contributed by atoms with Crippen LogP contribution in [0.5, 0.6) is 0 Å². The van der Waals surface area contributed by atoms with Crippen LogP contribution < -0.4 is 0 Å². The molecule has 0 aliphatic carbocycles. The van der Waals surface area contributed by atoms with Gasteiger partial charge in [0.05, 0.1) is 6.67 Å². The number of unbranched alkanes of at least 4 members (excludes halogenated alkanes) is 1. The van der Waals surface area contributed by atoms with E-state index in [1.807, 2.05) is 6.92 Å². The minimum absolute atomic E-state index is 0. The maximum atomic E-state index is 11.0. The normalized spacial score (nSPS) is 7.00. The van der Waals surface area contributed by atoms with Crippen molar-refractivity contribution in [1.82, 2.24) is 0 Å². The molecular weight excluding hydrogens is 90.0 g/mol. The second kappa shape index (κ2) is 9.33. The van der Waals surface area contributed by atoms with Gasteiger partial charge in [-0.15, -0.1) is 0 Å². The van der Waals surface area contributed by atoms with Gasteiger partial charge >= 0.3 is 0 Å². The standard InChI is InChI=1S/C4H9F.Na/c1-2-3-4-5;/h2-4H2,1H3;. The number of hydrogen-bond donors (Lipinski definition) is 0. The molecule has 0 amide bonds. The smallest absolute Gasteiger partial charge is 0.0894 e. The molecule has 0 heterocycles. The van der Waals surface area contributed by atoms with E-state index in [4.69, 9.17) is 0 Å². The van der Waals surface area contributed by atoms with Crippen LogP contribution in [0.25, 0.3) is 0 Å². The Bertz CT molecular complexity index is 15.0. The monoisotopic (exact) mass is 99.1 g/mol. The molecule has 0 bridgehead atoms. The summed E-state index contributed by atoms with van der Waals surface area (Å²) >= 11 is 0. The van der Waals surface area contributed by atoms with Crippen molar-refractivity contribution >= 4 is 29.6 Å². The van der Waals surface area contributed by atoms with Crippen molar-refractivity contribution in [3.63, 3.8) is 0 Å². The predicted octanol–water partition coefficient (Wildman–Crippen LogP) is 1.38. The van der Waals surface area contributed by atoms with Gasteiger partial charge in [-0.25, -0.2) is 0 Å². The van der Waals surface area contributed by atoms with E-state index >= 15 is 0 Å². The van der Waals surface area contributed by atoms with E-state index in [1.165, 1.54) is 0 Å². The molecule has 0 spiro atoms. The van der Waals surface area contributed by atoms with Gasteiger partial charge in [0, 0.05) is 29.6 Å². The molecule has 0 aromatic rings. The quantitative estimate of drug-likeness (QED) is 0.459. The van der Waals surface area contributed by atoms with Gasteiger partial charge < -0.3 is 0 Å². The summed E-state index contributed by atoms with van der Waals surface area (Å²) in [6.45, 7) is 1.82. The topological polar surface area (TPSA) is 0 Å². The Kier molecular flexibility index (Phi) is 15.6. The van der Waals surface area contributed by atoms with Crippen LogP contribution in [0, 0.1) is 0 Å². The van der Waals surface area contributed by atoms with Gasteiger partial charge in [0.25, 0.3) is 0 Å². The summed E-state index contributed by atoms with van der Waals surface area (Å²) in [5.41, 5.74) is 0. The third kappa shape index (κ3) is 8.87. The molecule has 0 saturated carbocycles. The Morgan fingerprint density at radius 3 is 2.00 bits per heavy atom. The molecule has 0 saturated heterocycles. The molecule has 0 fully saturated rings. The Balaban J connectivity index is 0. The van der Waals surface area contributed by atoms with Crippen LogP contribution in [0.1, 0.15) is 19.8 Å². The zero-order valence-electron chi connectivity index (χ0n) is 4.50. The zero-order chi connectivity index (χ0) is 4.12. The SMILES string of the molecule is CCCCF.[Na]. The molecule has 0 atom stereocenters. The van der Waals surface area contributed by atoms with Crippen LogP contribution in [-0.4, -0.2) is 36.2 Å². The second-order valence-corrected chi connectivity index (χ2v) is 1.04. The molecule has 0 N–H and O–H groups in total. The number of hydrogen-bond acceptors (Lipinski definition) is 0. The van der Waals surface area contributed by atoms with Crippen LogP contribution in [-0.2, 0) is 0 Å². The van der Waals surface area contributed by atoms with Crippen LogP contribution in [0.3, 0.4) is 0 Å². The molecule has 0 rings (SSSR count). The van der Waals surface area contributed by atoms with Gasteiger partial charge in [-0.2, -0.15) is 0 Å². The van der Waals surface area contributed by atoms with Crippen molar-refractivity contribution in [2.75, 3.05) is 6.67 Å². The third-order valence-corrected chi connectivity index (χ3v) is 0.487. The number of alkyl halides is 1. The fraction of sp³-hybridized carbons (Fsp3) is 1.00. The summed E-state index contributed by atoms with van der Waals surface area (Å²) in [7, 11) is 0. The fourth-order valence-corrected chi connectivity index (χ4v) is 0.134. The molecular formula is C4H9FNa. The molecule has 0 aliphatic heterocycles. The van der Waals surface area contributed by atoms with Gasteiger partial charge in [0.1, 0.15) is 0 Å². The first-order valence-electron chi connectivity index (χ1n) is 1.97. The minimum atomic E-state index is -0.156. The third-order valence-electron chi connectivity index (χ3n) is 0.487. The van der Waals surface area contributed by atoms with E-state index in [0.717, 1.165) is 12.8 Å². The Morgan fingerprint density at radius 1 is 1.50 bits per heavy atom. The first-order valence-corrected chi connectivity index (χ1v) is 1.97. The van der Waals surface area contributed by atoms with Crippen LogP contribution >= 0.6 is 0 Å².